The van der Waals surface area contributed by atoms with Gasteiger partial charge in [-0.15, -0.1) is 0 Å². The number of halogens is 1. The molecule has 26 heavy (non-hydrogen) atoms. The van der Waals surface area contributed by atoms with Crippen LogP contribution in [0.1, 0.15) is 37.7 Å². The van der Waals surface area contributed by atoms with E-state index in [-0.39, 0.29) is 18.1 Å². The molecule has 136 valence electrons. The zero-order valence-electron chi connectivity index (χ0n) is 14.9. The molecule has 0 bridgehead atoms. The highest BCUT2D eigenvalue weighted by Crippen LogP contribution is 2.20. The first kappa shape index (κ1) is 18.2. The fraction of sp³-hybridized carbons (Fsp3) is 0.318. The second-order valence-electron chi connectivity index (χ2n) is 6.71. The van der Waals surface area contributed by atoms with Gasteiger partial charge in [-0.2, -0.15) is 0 Å². The largest absolute Gasteiger partial charge is 0.385 e. The fourth-order valence-electron chi connectivity index (χ4n) is 3.16. The first-order valence-corrected chi connectivity index (χ1v) is 9.25. The van der Waals surface area contributed by atoms with Crippen molar-refractivity contribution < 1.29 is 9.18 Å². The molecule has 3 nitrogen and oxygen atoms in total. The van der Waals surface area contributed by atoms with Crippen LogP contribution in [0, 0.1) is 5.82 Å². The monoisotopic (exact) mass is 352 g/mol. The molecule has 0 saturated heterocycles. The molecule has 1 aliphatic rings. The highest BCUT2D eigenvalue weighted by Gasteiger charge is 2.05. The minimum atomic E-state index is -0.294. The Hall–Kier alpha value is -2.62. The van der Waals surface area contributed by atoms with Crippen molar-refractivity contribution in [2.24, 2.45) is 0 Å². The predicted molar refractivity (Wildman–Crippen MR) is 105 cm³/mol. The van der Waals surface area contributed by atoms with E-state index in [1.54, 1.807) is 17.7 Å². The summed E-state index contributed by atoms with van der Waals surface area (Å²) in [5.41, 5.74) is 4.17. The molecule has 0 aromatic heterocycles. The Morgan fingerprint density at radius 2 is 1.69 bits per heavy atom. The zero-order valence-corrected chi connectivity index (χ0v) is 14.9. The minimum Gasteiger partial charge on any atom is -0.385 e. The van der Waals surface area contributed by atoms with Gasteiger partial charge < -0.3 is 10.6 Å². The number of amides is 1. The predicted octanol–water partition coefficient (Wildman–Crippen LogP) is 5.31. The van der Waals surface area contributed by atoms with Gasteiger partial charge in [0, 0.05) is 17.9 Å². The summed E-state index contributed by atoms with van der Waals surface area (Å²) < 4.78 is 12.9. The quantitative estimate of drug-likeness (QED) is 0.663. The van der Waals surface area contributed by atoms with Crippen molar-refractivity contribution >= 4 is 17.3 Å². The van der Waals surface area contributed by atoms with E-state index in [4.69, 9.17) is 0 Å². The normalized spacial score (nSPS) is 13.8. The molecule has 3 rings (SSSR count). The van der Waals surface area contributed by atoms with E-state index < -0.39 is 0 Å². The van der Waals surface area contributed by atoms with E-state index in [2.05, 4.69) is 16.7 Å². The van der Waals surface area contributed by atoms with Crippen LogP contribution in [0.5, 0.6) is 0 Å². The van der Waals surface area contributed by atoms with Gasteiger partial charge in [0.2, 0.25) is 5.91 Å². The first-order valence-electron chi connectivity index (χ1n) is 9.25. The molecule has 0 saturated carbocycles. The van der Waals surface area contributed by atoms with E-state index in [0.717, 1.165) is 29.9 Å². The number of hydrogen-bond acceptors (Lipinski definition) is 2. The summed E-state index contributed by atoms with van der Waals surface area (Å²) in [6.45, 7) is 0.933. The van der Waals surface area contributed by atoms with Crippen LogP contribution >= 0.6 is 0 Å². The lowest BCUT2D eigenvalue weighted by molar-refractivity contribution is -0.115. The molecule has 4 heteroatoms. The second kappa shape index (κ2) is 9.18. The maximum atomic E-state index is 12.9. The van der Waals surface area contributed by atoms with Gasteiger partial charge in [-0.05, 0) is 74.1 Å². The minimum absolute atomic E-state index is 0.110. The first-order chi connectivity index (χ1) is 12.7. The Bertz CT molecular complexity index is 751. The number of benzene rings is 2. The van der Waals surface area contributed by atoms with E-state index in [1.807, 2.05) is 24.3 Å². The molecule has 2 aromatic rings. The number of anilines is 2. The number of allylic oxidation sites excluding steroid dienone is 1. The molecule has 1 aliphatic carbocycles. The second-order valence-corrected chi connectivity index (χ2v) is 6.71. The Kier molecular flexibility index (Phi) is 6.42. The summed E-state index contributed by atoms with van der Waals surface area (Å²) >= 11 is 0. The van der Waals surface area contributed by atoms with Crippen LogP contribution in [0.4, 0.5) is 15.8 Å². The van der Waals surface area contributed by atoms with Gasteiger partial charge >= 0.3 is 0 Å². The van der Waals surface area contributed by atoms with Crippen molar-refractivity contribution in [3.63, 3.8) is 0 Å². The summed E-state index contributed by atoms with van der Waals surface area (Å²) in [6.07, 6.45) is 8.81. The molecule has 0 radical (unpaired) electrons. The fourth-order valence-corrected chi connectivity index (χ4v) is 3.16. The van der Waals surface area contributed by atoms with Gasteiger partial charge in [-0.3, -0.25) is 4.79 Å². The maximum Gasteiger partial charge on any atom is 0.228 e. The van der Waals surface area contributed by atoms with Crippen LogP contribution in [0.25, 0.3) is 0 Å². The molecule has 2 aromatic carbocycles. The Morgan fingerprint density at radius 1 is 0.962 bits per heavy atom. The molecule has 0 fully saturated rings. The van der Waals surface area contributed by atoms with Crippen molar-refractivity contribution in [2.45, 2.75) is 38.5 Å². The third-order valence-electron chi connectivity index (χ3n) is 4.61. The molecular formula is C22H25FN2O. The molecule has 0 unspecified atom stereocenters. The lowest BCUT2D eigenvalue weighted by Crippen LogP contribution is -2.14. The third kappa shape index (κ3) is 5.73. The maximum absolute atomic E-state index is 12.9. The van der Waals surface area contributed by atoms with Crippen molar-refractivity contribution in [3.05, 3.63) is 71.6 Å². The van der Waals surface area contributed by atoms with Crippen LogP contribution in [-0.2, 0) is 11.2 Å². The SMILES string of the molecule is O=C(Cc1ccc(F)cc1)Nc1ccc(NCCC2=CCCCC2)cc1. The van der Waals surface area contributed by atoms with Crippen LogP contribution in [0.2, 0.25) is 0 Å². The highest BCUT2D eigenvalue weighted by molar-refractivity contribution is 5.92. The smallest absolute Gasteiger partial charge is 0.228 e. The number of hydrogen-bond donors (Lipinski definition) is 2. The molecule has 0 heterocycles. The number of carbonyl (C=O) groups is 1. The summed E-state index contributed by atoms with van der Waals surface area (Å²) in [6, 6.07) is 13.7. The third-order valence-corrected chi connectivity index (χ3v) is 4.61. The summed E-state index contributed by atoms with van der Waals surface area (Å²) in [7, 11) is 0. The summed E-state index contributed by atoms with van der Waals surface area (Å²) in [4.78, 5) is 12.1. The summed E-state index contributed by atoms with van der Waals surface area (Å²) in [5, 5.41) is 6.30. The van der Waals surface area contributed by atoms with Gasteiger partial charge in [0.15, 0.2) is 0 Å². The molecule has 0 aliphatic heterocycles. The van der Waals surface area contributed by atoms with Crippen LogP contribution < -0.4 is 10.6 Å². The molecule has 1 amide bonds. The van der Waals surface area contributed by atoms with Gasteiger partial charge in [-0.1, -0.05) is 23.8 Å². The molecular weight excluding hydrogens is 327 g/mol. The highest BCUT2D eigenvalue weighted by atomic mass is 19.1. The standard InChI is InChI=1S/C22H25FN2O/c23-19-8-6-18(7-9-19)16-22(26)25-21-12-10-20(11-13-21)24-15-14-17-4-2-1-3-5-17/h4,6-13,24H,1-3,5,14-16H2,(H,25,26). The van der Waals surface area contributed by atoms with E-state index in [9.17, 15) is 9.18 Å². The Labute approximate surface area is 154 Å². The average Bonchev–Trinajstić information content (AvgIpc) is 2.66. The molecule has 0 spiro atoms. The van der Waals surface area contributed by atoms with Crippen LogP contribution in [0.15, 0.2) is 60.2 Å². The van der Waals surface area contributed by atoms with Crippen LogP contribution in [-0.4, -0.2) is 12.5 Å². The lowest BCUT2D eigenvalue weighted by atomic mass is 9.97. The Balaban J connectivity index is 1.44. The zero-order chi connectivity index (χ0) is 18.2. The number of rotatable bonds is 7. The number of nitrogens with one attached hydrogen (secondary N) is 2. The van der Waals surface area contributed by atoms with Crippen molar-refractivity contribution in [1.82, 2.24) is 0 Å². The van der Waals surface area contributed by atoms with Crippen LogP contribution in [0.3, 0.4) is 0 Å². The van der Waals surface area contributed by atoms with Gasteiger partial charge in [0.1, 0.15) is 5.82 Å². The molecule has 0 atom stereocenters. The van der Waals surface area contributed by atoms with E-state index in [0.29, 0.717) is 0 Å². The van der Waals surface area contributed by atoms with Gasteiger partial charge in [0.25, 0.3) is 0 Å². The van der Waals surface area contributed by atoms with E-state index >= 15 is 0 Å². The van der Waals surface area contributed by atoms with E-state index in [1.165, 1.54) is 37.8 Å². The van der Waals surface area contributed by atoms with Crippen molar-refractivity contribution in [3.8, 4) is 0 Å². The Morgan fingerprint density at radius 3 is 2.38 bits per heavy atom. The van der Waals surface area contributed by atoms with Crippen molar-refractivity contribution in [2.75, 3.05) is 17.2 Å². The van der Waals surface area contributed by atoms with Crippen molar-refractivity contribution in [1.29, 1.82) is 0 Å². The topological polar surface area (TPSA) is 41.1 Å². The molecule has 2 N–H and O–H groups in total. The van der Waals surface area contributed by atoms with Gasteiger partial charge in [-0.25, -0.2) is 4.39 Å². The summed E-state index contributed by atoms with van der Waals surface area (Å²) in [5.74, 6) is -0.404. The lowest BCUT2D eigenvalue weighted by Gasteiger charge is -2.13. The number of carbonyl (C=O) groups excluding carboxylic acids is 1. The van der Waals surface area contributed by atoms with Gasteiger partial charge in [0.05, 0.1) is 6.42 Å². The average molecular weight is 352 g/mol.